The predicted octanol–water partition coefficient (Wildman–Crippen LogP) is 1.50. The zero-order valence-corrected chi connectivity index (χ0v) is 5.91. The van der Waals surface area contributed by atoms with E-state index >= 15 is 0 Å². The van der Waals surface area contributed by atoms with Gasteiger partial charge in [-0.05, 0) is 6.07 Å². The number of nitrogens with zero attached hydrogens (tertiary/aromatic N) is 1. The molecule has 5 heteroatoms. The van der Waals surface area contributed by atoms with Crippen LogP contribution in [0, 0.1) is 0 Å². The van der Waals surface area contributed by atoms with Gasteiger partial charge in [-0.2, -0.15) is 8.78 Å². The molecule has 0 aromatic carbocycles. The van der Waals surface area contributed by atoms with Crippen molar-refractivity contribution in [2.75, 3.05) is 0 Å². The van der Waals surface area contributed by atoms with Crippen molar-refractivity contribution in [3.63, 3.8) is 0 Å². The lowest BCUT2D eigenvalue weighted by atomic mass is 10.4. The third-order valence-corrected chi connectivity index (χ3v) is 1.08. The molecule has 0 N–H and O–H groups in total. The fourth-order valence-corrected chi connectivity index (χ4v) is 0.653. The van der Waals surface area contributed by atoms with E-state index in [9.17, 15) is 13.6 Å². The second-order valence-corrected chi connectivity index (χ2v) is 1.90. The number of aromatic nitrogens is 1. The van der Waals surface area contributed by atoms with Crippen LogP contribution in [-0.4, -0.2) is 17.9 Å². The lowest BCUT2D eigenvalue weighted by Gasteiger charge is -2.01. The highest BCUT2D eigenvalue weighted by molar-refractivity contribution is 5.71. The average molecular weight is 173 g/mol. The van der Waals surface area contributed by atoms with Crippen molar-refractivity contribution in [2.24, 2.45) is 0 Å². The van der Waals surface area contributed by atoms with E-state index < -0.39 is 6.61 Å². The van der Waals surface area contributed by atoms with Gasteiger partial charge < -0.3 is 4.74 Å². The molecule has 0 amide bonds. The lowest BCUT2D eigenvalue weighted by Crippen LogP contribution is -2.04. The smallest absolute Gasteiger partial charge is 0.388 e. The number of halogens is 2. The van der Waals surface area contributed by atoms with Crippen molar-refractivity contribution in [3.05, 3.63) is 23.9 Å². The van der Waals surface area contributed by atoms with Crippen LogP contribution in [0.25, 0.3) is 0 Å². The van der Waals surface area contributed by atoms with Crippen LogP contribution in [0.1, 0.15) is 10.5 Å². The van der Waals surface area contributed by atoms with E-state index in [0.717, 1.165) is 0 Å². The molecule has 64 valence electrons. The highest BCUT2D eigenvalue weighted by Crippen LogP contribution is 2.09. The first kappa shape index (κ1) is 8.58. The number of aldehydes is 1. The minimum atomic E-state index is -2.92. The molecule has 0 unspecified atom stereocenters. The molecule has 0 aliphatic rings. The van der Waals surface area contributed by atoms with Crippen molar-refractivity contribution < 1.29 is 18.3 Å². The number of carbonyl (C=O) groups is 1. The predicted molar refractivity (Wildman–Crippen MR) is 36.3 cm³/mol. The average Bonchev–Trinajstić information content (AvgIpc) is 2.03. The Labute approximate surface area is 67.0 Å². The van der Waals surface area contributed by atoms with Crippen LogP contribution in [-0.2, 0) is 0 Å². The minimum Gasteiger partial charge on any atom is -0.417 e. The van der Waals surface area contributed by atoms with Crippen molar-refractivity contribution in [2.45, 2.75) is 6.61 Å². The molecule has 0 saturated carbocycles. The van der Waals surface area contributed by atoms with Gasteiger partial charge in [-0.1, -0.05) is 6.07 Å². The summed E-state index contributed by atoms with van der Waals surface area (Å²) in [5.41, 5.74) is 0.0631. The summed E-state index contributed by atoms with van der Waals surface area (Å²) in [5, 5.41) is 0. The van der Waals surface area contributed by atoms with E-state index in [0.29, 0.717) is 6.29 Å². The van der Waals surface area contributed by atoms with Crippen LogP contribution >= 0.6 is 0 Å². The van der Waals surface area contributed by atoms with Crippen LogP contribution in [0.4, 0.5) is 8.78 Å². The van der Waals surface area contributed by atoms with E-state index in [1.54, 1.807) is 0 Å². The van der Waals surface area contributed by atoms with Crippen molar-refractivity contribution in [3.8, 4) is 5.88 Å². The van der Waals surface area contributed by atoms with Gasteiger partial charge in [-0.3, -0.25) is 4.79 Å². The second kappa shape index (κ2) is 3.75. The van der Waals surface area contributed by atoms with E-state index in [-0.39, 0.29) is 11.6 Å². The zero-order valence-electron chi connectivity index (χ0n) is 5.91. The molecule has 3 nitrogen and oxygen atoms in total. The summed E-state index contributed by atoms with van der Waals surface area (Å²) >= 11 is 0. The van der Waals surface area contributed by atoms with Gasteiger partial charge in [-0.25, -0.2) is 4.98 Å². The Bertz CT molecular complexity index is 278. The molecule has 0 atom stereocenters. The molecular formula is C7H5F2NO2. The Morgan fingerprint density at radius 1 is 1.50 bits per heavy atom. The lowest BCUT2D eigenvalue weighted by molar-refractivity contribution is -0.0529. The first-order valence-corrected chi connectivity index (χ1v) is 3.09. The number of hydrogen-bond donors (Lipinski definition) is 0. The highest BCUT2D eigenvalue weighted by atomic mass is 19.3. The van der Waals surface area contributed by atoms with Crippen LogP contribution in [0.15, 0.2) is 18.2 Å². The van der Waals surface area contributed by atoms with Gasteiger partial charge in [0.2, 0.25) is 5.88 Å². The fourth-order valence-electron chi connectivity index (χ4n) is 0.653. The topological polar surface area (TPSA) is 39.2 Å². The van der Waals surface area contributed by atoms with Gasteiger partial charge in [0.25, 0.3) is 0 Å². The van der Waals surface area contributed by atoms with Crippen molar-refractivity contribution in [1.29, 1.82) is 0 Å². The van der Waals surface area contributed by atoms with Crippen LogP contribution in [0.2, 0.25) is 0 Å². The number of pyridine rings is 1. The number of alkyl halides is 2. The summed E-state index contributed by atoms with van der Waals surface area (Å²) in [6.45, 7) is -2.92. The largest absolute Gasteiger partial charge is 0.417 e. The van der Waals surface area contributed by atoms with Crippen LogP contribution in [0.5, 0.6) is 5.88 Å². The molecular weight excluding hydrogens is 168 g/mol. The highest BCUT2D eigenvalue weighted by Gasteiger charge is 2.04. The molecule has 0 fully saturated rings. The van der Waals surface area contributed by atoms with Gasteiger partial charge in [0.1, 0.15) is 5.69 Å². The molecule has 0 radical (unpaired) electrons. The summed E-state index contributed by atoms with van der Waals surface area (Å²) in [4.78, 5) is 13.6. The molecule has 1 aromatic rings. The SMILES string of the molecule is O=Cc1cccc(OC(F)F)n1. The molecule has 0 aliphatic heterocycles. The van der Waals surface area contributed by atoms with Gasteiger partial charge in [0, 0.05) is 6.07 Å². The van der Waals surface area contributed by atoms with Gasteiger partial charge >= 0.3 is 6.61 Å². The normalized spacial score (nSPS) is 9.92. The Kier molecular flexibility index (Phi) is 2.68. The second-order valence-electron chi connectivity index (χ2n) is 1.90. The van der Waals surface area contributed by atoms with Crippen molar-refractivity contribution in [1.82, 2.24) is 4.98 Å². The third-order valence-electron chi connectivity index (χ3n) is 1.08. The maximum atomic E-state index is 11.6. The number of hydrogen-bond acceptors (Lipinski definition) is 3. The molecule has 0 aliphatic carbocycles. The number of carbonyl (C=O) groups excluding carboxylic acids is 1. The Morgan fingerprint density at radius 3 is 2.83 bits per heavy atom. The van der Waals surface area contributed by atoms with E-state index in [1.165, 1.54) is 18.2 Å². The van der Waals surface area contributed by atoms with E-state index in [1.807, 2.05) is 0 Å². The summed E-state index contributed by atoms with van der Waals surface area (Å²) in [7, 11) is 0. The molecule has 1 heterocycles. The zero-order chi connectivity index (χ0) is 8.97. The Morgan fingerprint density at radius 2 is 2.25 bits per heavy atom. The van der Waals surface area contributed by atoms with Gasteiger partial charge in [0.05, 0.1) is 0 Å². The molecule has 12 heavy (non-hydrogen) atoms. The van der Waals surface area contributed by atoms with Crippen LogP contribution < -0.4 is 4.74 Å². The Balaban J connectivity index is 2.79. The molecule has 0 spiro atoms. The first-order chi connectivity index (χ1) is 5.72. The first-order valence-electron chi connectivity index (χ1n) is 3.09. The Hall–Kier alpha value is -1.52. The van der Waals surface area contributed by atoms with Crippen molar-refractivity contribution >= 4 is 6.29 Å². The van der Waals surface area contributed by atoms with Gasteiger partial charge in [-0.15, -0.1) is 0 Å². The summed E-state index contributed by atoms with van der Waals surface area (Å²) in [6.07, 6.45) is 0.457. The maximum Gasteiger partial charge on any atom is 0.388 e. The molecule has 0 bridgehead atoms. The number of ether oxygens (including phenoxy) is 1. The maximum absolute atomic E-state index is 11.6. The summed E-state index contributed by atoms with van der Waals surface area (Å²) in [5.74, 6) is -0.255. The standard InChI is InChI=1S/C7H5F2NO2/c8-7(9)12-6-3-1-2-5(4-11)10-6/h1-4,7H. The molecule has 0 saturated heterocycles. The van der Waals surface area contributed by atoms with Gasteiger partial charge in [0.15, 0.2) is 6.29 Å². The minimum absolute atomic E-state index is 0.0631. The van der Waals surface area contributed by atoms with E-state index in [2.05, 4.69) is 9.72 Å². The van der Waals surface area contributed by atoms with E-state index in [4.69, 9.17) is 0 Å². The fraction of sp³-hybridized carbons (Fsp3) is 0.143. The summed E-state index contributed by atoms with van der Waals surface area (Å²) < 4.78 is 27.2. The quantitative estimate of drug-likeness (QED) is 0.650. The third kappa shape index (κ3) is 2.26. The number of rotatable bonds is 3. The molecule has 1 aromatic heterocycles. The molecule has 1 rings (SSSR count). The summed E-state index contributed by atoms with van der Waals surface area (Å²) in [6, 6.07) is 4.05. The van der Waals surface area contributed by atoms with Crippen LogP contribution in [0.3, 0.4) is 0 Å². The monoisotopic (exact) mass is 173 g/mol.